The van der Waals surface area contributed by atoms with Crippen LogP contribution in [0.2, 0.25) is 0 Å². The average molecular weight is 371 g/mol. The standard InChI is InChI=1S/C28H21N/c1-3-9-21(10-4-1)22-15-17-25(18-16-22)29-26-19-24-13-7-8-14-27(24)28(20-26)23-11-5-2-6-12-23/h1-20,29H. The first-order valence-electron chi connectivity index (χ1n) is 9.87. The molecule has 0 atom stereocenters. The highest BCUT2D eigenvalue weighted by atomic mass is 14.9. The average Bonchev–Trinajstić information content (AvgIpc) is 2.80. The number of fused-ring (bicyclic) bond motifs is 1. The van der Waals surface area contributed by atoms with Crippen molar-refractivity contribution in [2.45, 2.75) is 0 Å². The maximum Gasteiger partial charge on any atom is 0.0396 e. The molecule has 0 aliphatic heterocycles. The van der Waals surface area contributed by atoms with E-state index in [1.807, 2.05) is 6.07 Å². The molecular weight excluding hydrogens is 350 g/mol. The Morgan fingerprint density at radius 3 is 1.72 bits per heavy atom. The molecule has 5 rings (SSSR count). The van der Waals surface area contributed by atoms with Gasteiger partial charge in [-0.05, 0) is 57.3 Å². The first-order valence-corrected chi connectivity index (χ1v) is 9.87. The first-order chi connectivity index (χ1) is 14.4. The second kappa shape index (κ2) is 7.65. The lowest BCUT2D eigenvalue weighted by Crippen LogP contribution is -1.92. The van der Waals surface area contributed by atoms with Gasteiger partial charge in [0, 0.05) is 11.4 Å². The minimum Gasteiger partial charge on any atom is -0.355 e. The molecule has 0 amide bonds. The third-order valence-electron chi connectivity index (χ3n) is 5.23. The van der Waals surface area contributed by atoms with Gasteiger partial charge in [-0.15, -0.1) is 0 Å². The monoisotopic (exact) mass is 371 g/mol. The Bertz CT molecular complexity index is 1240. The third kappa shape index (κ3) is 3.63. The van der Waals surface area contributed by atoms with Gasteiger partial charge in [-0.25, -0.2) is 0 Å². The zero-order valence-corrected chi connectivity index (χ0v) is 16.0. The second-order valence-electron chi connectivity index (χ2n) is 7.18. The molecule has 0 saturated carbocycles. The van der Waals surface area contributed by atoms with Crippen molar-refractivity contribution in [2.75, 3.05) is 5.32 Å². The van der Waals surface area contributed by atoms with E-state index in [1.54, 1.807) is 0 Å². The van der Waals surface area contributed by atoms with Crippen LogP contribution in [0.25, 0.3) is 33.0 Å². The predicted octanol–water partition coefficient (Wildman–Crippen LogP) is 7.92. The number of anilines is 2. The van der Waals surface area contributed by atoms with Crippen LogP contribution in [-0.2, 0) is 0 Å². The van der Waals surface area contributed by atoms with Crippen molar-refractivity contribution in [3.63, 3.8) is 0 Å². The van der Waals surface area contributed by atoms with E-state index in [0.29, 0.717) is 0 Å². The van der Waals surface area contributed by atoms with Gasteiger partial charge in [0.05, 0.1) is 0 Å². The van der Waals surface area contributed by atoms with E-state index in [2.05, 4.69) is 121 Å². The Labute approximate surface area is 171 Å². The topological polar surface area (TPSA) is 12.0 Å². The van der Waals surface area contributed by atoms with Crippen molar-refractivity contribution in [3.8, 4) is 22.3 Å². The van der Waals surface area contributed by atoms with E-state index in [-0.39, 0.29) is 0 Å². The molecule has 0 heterocycles. The van der Waals surface area contributed by atoms with Gasteiger partial charge in [0.25, 0.3) is 0 Å². The molecule has 1 N–H and O–H groups in total. The van der Waals surface area contributed by atoms with Gasteiger partial charge in [-0.1, -0.05) is 97.1 Å². The Hall–Kier alpha value is -3.84. The van der Waals surface area contributed by atoms with Crippen LogP contribution in [-0.4, -0.2) is 0 Å². The minimum absolute atomic E-state index is 1.08. The summed E-state index contributed by atoms with van der Waals surface area (Å²) in [5.41, 5.74) is 7.10. The predicted molar refractivity (Wildman–Crippen MR) is 125 cm³/mol. The summed E-state index contributed by atoms with van der Waals surface area (Å²) < 4.78 is 0. The van der Waals surface area contributed by atoms with Crippen LogP contribution in [0.3, 0.4) is 0 Å². The summed E-state index contributed by atoms with van der Waals surface area (Å²) in [5, 5.41) is 6.09. The number of rotatable bonds is 4. The molecule has 0 radical (unpaired) electrons. The number of hydrogen-bond acceptors (Lipinski definition) is 1. The molecule has 0 spiro atoms. The molecule has 0 fully saturated rings. The summed E-state index contributed by atoms with van der Waals surface area (Å²) in [6.07, 6.45) is 0. The summed E-state index contributed by atoms with van der Waals surface area (Å²) >= 11 is 0. The van der Waals surface area contributed by atoms with Crippen LogP contribution in [0.4, 0.5) is 11.4 Å². The van der Waals surface area contributed by atoms with Crippen molar-refractivity contribution in [2.24, 2.45) is 0 Å². The lowest BCUT2D eigenvalue weighted by Gasteiger charge is -2.13. The van der Waals surface area contributed by atoms with Crippen LogP contribution in [0, 0.1) is 0 Å². The van der Waals surface area contributed by atoms with E-state index in [1.165, 1.54) is 33.0 Å². The molecule has 0 bridgehead atoms. The quantitative estimate of drug-likeness (QED) is 0.338. The highest BCUT2D eigenvalue weighted by Gasteiger charge is 2.07. The van der Waals surface area contributed by atoms with Crippen LogP contribution in [0.5, 0.6) is 0 Å². The second-order valence-corrected chi connectivity index (χ2v) is 7.18. The highest BCUT2D eigenvalue weighted by Crippen LogP contribution is 2.33. The van der Waals surface area contributed by atoms with Gasteiger partial charge in [-0.3, -0.25) is 0 Å². The highest BCUT2D eigenvalue weighted by molar-refractivity contribution is 5.99. The summed E-state index contributed by atoms with van der Waals surface area (Å²) in [4.78, 5) is 0. The van der Waals surface area contributed by atoms with Crippen molar-refractivity contribution < 1.29 is 0 Å². The fraction of sp³-hybridized carbons (Fsp3) is 0. The van der Waals surface area contributed by atoms with Gasteiger partial charge in [-0.2, -0.15) is 0 Å². The molecule has 0 saturated heterocycles. The summed E-state index contributed by atoms with van der Waals surface area (Å²) in [7, 11) is 0. The Morgan fingerprint density at radius 1 is 0.414 bits per heavy atom. The molecule has 1 nitrogen and oxygen atoms in total. The number of hydrogen-bond donors (Lipinski definition) is 1. The summed E-state index contributed by atoms with van der Waals surface area (Å²) in [6, 6.07) is 42.6. The Kier molecular flexibility index (Phi) is 4.56. The first kappa shape index (κ1) is 17.3. The normalized spacial score (nSPS) is 10.8. The van der Waals surface area contributed by atoms with Gasteiger partial charge < -0.3 is 5.32 Å². The van der Waals surface area contributed by atoms with Crippen molar-refractivity contribution in [3.05, 3.63) is 121 Å². The fourth-order valence-electron chi connectivity index (χ4n) is 3.78. The maximum atomic E-state index is 3.58. The van der Waals surface area contributed by atoms with E-state index in [9.17, 15) is 0 Å². The van der Waals surface area contributed by atoms with E-state index < -0.39 is 0 Å². The zero-order chi connectivity index (χ0) is 19.5. The van der Waals surface area contributed by atoms with Gasteiger partial charge in [0.2, 0.25) is 0 Å². The van der Waals surface area contributed by atoms with Gasteiger partial charge in [0.15, 0.2) is 0 Å². The molecule has 138 valence electrons. The Morgan fingerprint density at radius 2 is 1.00 bits per heavy atom. The van der Waals surface area contributed by atoms with E-state index in [4.69, 9.17) is 0 Å². The van der Waals surface area contributed by atoms with E-state index in [0.717, 1.165) is 11.4 Å². The fourth-order valence-corrected chi connectivity index (χ4v) is 3.78. The van der Waals surface area contributed by atoms with Crippen LogP contribution >= 0.6 is 0 Å². The van der Waals surface area contributed by atoms with Crippen molar-refractivity contribution >= 4 is 22.1 Å². The summed E-state index contributed by atoms with van der Waals surface area (Å²) in [5.74, 6) is 0. The Balaban J connectivity index is 1.51. The van der Waals surface area contributed by atoms with Crippen molar-refractivity contribution in [1.29, 1.82) is 0 Å². The smallest absolute Gasteiger partial charge is 0.0396 e. The molecule has 0 aliphatic carbocycles. The molecule has 0 unspecified atom stereocenters. The largest absolute Gasteiger partial charge is 0.355 e. The molecule has 0 aliphatic rings. The van der Waals surface area contributed by atoms with Crippen LogP contribution in [0.1, 0.15) is 0 Å². The molecule has 0 aromatic heterocycles. The van der Waals surface area contributed by atoms with Crippen molar-refractivity contribution in [1.82, 2.24) is 0 Å². The third-order valence-corrected chi connectivity index (χ3v) is 5.23. The lowest BCUT2D eigenvalue weighted by molar-refractivity contribution is 1.55. The lowest BCUT2D eigenvalue weighted by atomic mass is 9.97. The summed E-state index contributed by atoms with van der Waals surface area (Å²) in [6.45, 7) is 0. The van der Waals surface area contributed by atoms with Gasteiger partial charge in [0.1, 0.15) is 0 Å². The molecule has 1 heteroatoms. The molecule has 29 heavy (non-hydrogen) atoms. The van der Waals surface area contributed by atoms with Crippen LogP contribution < -0.4 is 5.32 Å². The zero-order valence-electron chi connectivity index (χ0n) is 16.0. The number of nitrogens with one attached hydrogen (secondary N) is 1. The minimum atomic E-state index is 1.08. The maximum absolute atomic E-state index is 3.58. The van der Waals surface area contributed by atoms with Gasteiger partial charge >= 0.3 is 0 Å². The SMILES string of the molecule is c1ccc(-c2ccc(Nc3cc(-c4ccccc4)c4ccccc4c3)cc2)cc1. The van der Waals surface area contributed by atoms with Crippen LogP contribution in [0.15, 0.2) is 121 Å². The molecule has 5 aromatic carbocycles. The molecule has 5 aromatic rings. The van der Waals surface area contributed by atoms with E-state index >= 15 is 0 Å². The number of benzene rings is 5. The molecular formula is C28H21N.